The second-order valence-electron chi connectivity index (χ2n) is 3.99. The SMILES string of the molecule is Cc1cnc(NC(=O)CNC(=O)c2ccccc2Br)s1. The molecule has 2 rings (SSSR count). The molecule has 2 aromatic rings. The molecule has 5 nitrogen and oxygen atoms in total. The minimum atomic E-state index is -0.306. The maximum atomic E-state index is 11.9. The number of nitrogens with one attached hydrogen (secondary N) is 2. The van der Waals surface area contributed by atoms with E-state index < -0.39 is 0 Å². The molecule has 0 aliphatic heterocycles. The van der Waals surface area contributed by atoms with Gasteiger partial charge in [0.15, 0.2) is 5.13 Å². The summed E-state index contributed by atoms with van der Waals surface area (Å²) in [6.07, 6.45) is 1.68. The van der Waals surface area contributed by atoms with Gasteiger partial charge in [-0.3, -0.25) is 9.59 Å². The van der Waals surface area contributed by atoms with Crippen molar-refractivity contribution in [3.8, 4) is 0 Å². The van der Waals surface area contributed by atoms with E-state index in [1.165, 1.54) is 11.3 Å². The van der Waals surface area contributed by atoms with Gasteiger partial charge in [-0.25, -0.2) is 4.98 Å². The normalized spacial score (nSPS) is 10.1. The molecule has 0 spiro atoms. The van der Waals surface area contributed by atoms with Crippen LogP contribution in [0.3, 0.4) is 0 Å². The van der Waals surface area contributed by atoms with Crippen LogP contribution in [-0.4, -0.2) is 23.3 Å². The molecule has 0 atom stereocenters. The Bertz CT molecular complexity index is 642. The number of amides is 2. The highest BCUT2D eigenvalue weighted by Gasteiger charge is 2.11. The summed E-state index contributed by atoms with van der Waals surface area (Å²) in [6.45, 7) is 1.81. The first-order chi connectivity index (χ1) is 9.56. The molecule has 0 radical (unpaired) electrons. The Morgan fingerprint density at radius 2 is 2.10 bits per heavy atom. The molecule has 104 valence electrons. The van der Waals surface area contributed by atoms with Crippen LogP contribution in [0.4, 0.5) is 5.13 Å². The van der Waals surface area contributed by atoms with E-state index in [0.29, 0.717) is 15.2 Å². The quantitative estimate of drug-likeness (QED) is 0.887. The minimum absolute atomic E-state index is 0.0984. The Morgan fingerprint density at radius 3 is 2.75 bits per heavy atom. The third-order valence-corrected chi connectivity index (χ3v) is 3.92. The molecular formula is C13H12BrN3O2S. The number of halogens is 1. The molecule has 0 saturated heterocycles. The van der Waals surface area contributed by atoms with E-state index in [1.54, 1.807) is 24.4 Å². The zero-order chi connectivity index (χ0) is 14.5. The lowest BCUT2D eigenvalue weighted by Crippen LogP contribution is -2.33. The van der Waals surface area contributed by atoms with Crippen LogP contribution in [0.25, 0.3) is 0 Å². The van der Waals surface area contributed by atoms with E-state index in [9.17, 15) is 9.59 Å². The van der Waals surface area contributed by atoms with Crippen molar-refractivity contribution >= 4 is 44.2 Å². The zero-order valence-electron chi connectivity index (χ0n) is 10.6. The van der Waals surface area contributed by atoms with Crippen molar-refractivity contribution in [2.75, 3.05) is 11.9 Å². The Morgan fingerprint density at radius 1 is 1.35 bits per heavy atom. The minimum Gasteiger partial charge on any atom is -0.343 e. The molecule has 2 N–H and O–H groups in total. The fraction of sp³-hybridized carbons (Fsp3) is 0.154. The molecule has 0 unspecified atom stereocenters. The molecule has 1 heterocycles. The van der Waals surface area contributed by atoms with Gasteiger partial charge in [0.2, 0.25) is 5.91 Å². The Balaban J connectivity index is 1.87. The molecule has 0 aliphatic carbocycles. The summed E-state index contributed by atoms with van der Waals surface area (Å²) in [7, 11) is 0. The number of rotatable bonds is 4. The summed E-state index contributed by atoms with van der Waals surface area (Å²) in [5.74, 6) is -0.609. The molecule has 2 amide bonds. The van der Waals surface area contributed by atoms with Crippen molar-refractivity contribution in [3.63, 3.8) is 0 Å². The van der Waals surface area contributed by atoms with Gasteiger partial charge in [-0.1, -0.05) is 12.1 Å². The predicted octanol–water partition coefficient (Wildman–Crippen LogP) is 2.58. The first kappa shape index (κ1) is 14.7. The number of thiazole rings is 1. The lowest BCUT2D eigenvalue weighted by molar-refractivity contribution is -0.115. The predicted molar refractivity (Wildman–Crippen MR) is 82.0 cm³/mol. The van der Waals surface area contributed by atoms with Crippen LogP contribution in [0, 0.1) is 6.92 Å². The lowest BCUT2D eigenvalue weighted by Gasteiger charge is -2.06. The molecule has 1 aromatic carbocycles. The highest BCUT2D eigenvalue weighted by molar-refractivity contribution is 9.10. The number of carbonyl (C=O) groups excluding carboxylic acids is 2. The lowest BCUT2D eigenvalue weighted by atomic mass is 10.2. The van der Waals surface area contributed by atoms with Crippen molar-refractivity contribution in [2.24, 2.45) is 0 Å². The van der Waals surface area contributed by atoms with Crippen LogP contribution in [0.1, 0.15) is 15.2 Å². The van der Waals surface area contributed by atoms with Gasteiger partial charge in [-0.2, -0.15) is 0 Å². The van der Waals surface area contributed by atoms with E-state index >= 15 is 0 Å². The second kappa shape index (κ2) is 6.62. The topological polar surface area (TPSA) is 71.1 Å². The van der Waals surface area contributed by atoms with Crippen LogP contribution in [0.5, 0.6) is 0 Å². The number of aryl methyl sites for hydroxylation is 1. The van der Waals surface area contributed by atoms with Gasteiger partial charge in [0, 0.05) is 15.5 Å². The fourth-order valence-electron chi connectivity index (χ4n) is 1.48. The molecular weight excluding hydrogens is 342 g/mol. The van der Waals surface area contributed by atoms with Crippen molar-refractivity contribution in [3.05, 3.63) is 45.4 Å². The summed E-state index contributed by atoms with van der Waals surface area (Å²) in [5, 5.41) is 5.72. The second-order valence-corrected chi connectivity index (χ2v) is 6.08. The van der Waals surface area contributed by atoms with Gasteiger partial charge in [-0.05, 0) is 35.0 Å². The third kappa shape index (κ3) is 3.88. The fourth-order valence-corrected chi connectivity index (χ4v) is 2.62. The van der Waals surface area contributed by atoms with Gasteiger partial charge in [0.25, 0.3) is 5.91 Å². The number of hydrogen-bond acceptors (Lipinski definition) is 4. The molecule has 0 bridgehead atoms. The summed E-state index contributed by atoms with van der Waals surface area (Å²) in [6, 6.07) is 7.03. The smallest absolute Gasteiger partial charge is 0.252 e. The summed E-state index contributed by atoms with van der Waals surface area (Å²) in [4.78, 5) is 28.6. The number of hydrogen-bond donors (Lipinski definition) is 2. The number of anilines is 1. The van der Waals surface area contributed by atoms with Gasteiger partial charge in [0.05, 0.1) is 12.1 Å². The van der Waals surface area contributed by atoms with Gasteiger partial charge in [-0.15, -0.1) is 11.3 Å². The van der Waals surface area contributed by atoms with Crippen LogP contribution in [0.2, 0.25) is 0 Å². The van der Waals surface area contributed by atoms with Crippen molar-refractivity contribution in [2.45, 2.75) is 6.92 Å². The van der Waals surface area contributed by atoms with Crippen molar-refractivity contribution in [1.82, 2.24) is 10.3 Å². The van der Waals surface area contributed by atoms with Gasteiger partial charge >= 0.3 is 0 Å². The number of nitrogens with zero attached hydrogens (tertiary/aromatic N) is 1. The van der Waals surface area contributed by atoms with Gasteiger partial charge < -0.3 is 10.6 Å². The first-order valence-electron chi connectivity index (χ1n) is 5.81. The van der Waals surface area contributed by atoms with Gasteiger partial charge in [0.1, 0.15) is 0 Å². The highest BCUT2D eigenvalue weighted by atomic mass is 79.9. The van der Waals surface area contributed by atoms with E-state index in [4.69, 9.17) is 0 Å². The average molecular weight is 354 g/mol. The number of carbonyl (C=O) groups is 2. The van der Waals surface area contributed by atoms with E-state index in [-0.39, 0.29) is 18.4 Å². The van der Waals surface area contributed by atoms with Crippen LogP contribution >= 0.6 is 27.3 Å². The Kier molecular flexibility index (Phi) is 4.86. The average Bonchev–Trinajstić information content (AvgIpc) is 2.82. The molecule has 0 saturated carbocycles. The molecule has 1 aromatic heterocycles. The standard InChI is InChI=1S/C13H12BrN3O2S/c1-8-6-16-13(20-8)17-11(18)7-15-12(19)9-4-2-3-5-10(9)14/h2-6H,7H2,1H3,(H,15,19)(H,16,17,18). The highest BCUT2D eigenvalue weighted by Crippen LogP contribution is 2.16. The summed E-state index contributed by atoms with van der Waals surface area (Å²) in [5.41, 5.74) is 0.491. The summed E-state index contributed by atoms with van der Waals surface area (Å²) >= 11 is 4.68. The molecule has 7 heteroatoms. The van der Waals surface area contributed by atoms with E-state index in [0.717, 1.165) is 4.88 Å². The van der Waals surface area contributed by atoms with Crippen LogP contribution in [-0.2, 0) is 4.79 Å². The van der Waals surface area contributed by atoms with E-state index in [1.807, 2.05) is 13.0 Å². The maximum Gasteiger partial charge on any atom is 0.252 e. The largest absolute Gasteiger partial charge is 0.343 e. The number of benzene rings is 1. The Labute approximate surface area is 128 Å². The van der Waals surface area contributed by atoms with Crippen LogP contribution < -0.4 is 10.6 Å². The monoisotopic (exact) mass is 353 g/mol. The van der Waals surface area contributed by atoms with E-state index in [2.05, 4.69) is 31.5 Å². The number of aromatic nitrogens is 1. The van der Waals surface area contributed by atoms with Crippen molar-refractivity contribution < 1.29 is 9.59 Å². The van der Waals surface area contributed by atoms with Crippen LogP contribution in [0.15, 0.2) is 34.9 Å². The zero-order valence-corrected chi connectivity index (χ0v) is 13.0. The van der Waals surface area contributed by atoms with Crippen molar-refractivity contribution in [1.29, 1.82) is 0 Å². The molecule has 0 aliphatic rings. The molecule has 20 heavy (non-hydrogen) atoms. The Hall–Kier alpha value is -1.73. The first-order valence-corrected chi connectivity index (χ1v) is 7.42. The molecule has 0 fully saturated rings. The maximum absolute atomic E-state index is 11.9. The third-order valence-electron chi connectivity index (χ3n) is 2.40. The summed E-state index contributed by atoms with van der Waals surface area (Å²) < 4.78 is 0.688.